The number of benzene rings is 1. The van der Waals surface area contributed by atoms with Crippen molar-refractivity contribution in [2.75, 3.05) is 26.0 Å². The van der Waals surface area contributed by atoms with Gasteiger partial charge in [-0.1, -0.05) is 24.3 Å². The Labute approximate surface area is 115 Å². The molecule has 0 saturated carbocycles. The molecule has 0 unspecified atom stereocenters. The van der Waals surface area contributed by atoms with Crippen molar-refractivity contribution in [2.45, 2.75) is 6.42 Å². The Hall–Kier alpha value is -2.09. The van der Waals surface area contributed by atoms with Gasteiger partial charge in [-0.25, -0.2) is 4.58 Å². The van der Waals surface area contributed by atoms with Crippen LogP contribution in [0, 0.1) is 0 Å². The second kappa shape index (κ2) is 6.19. The van der Waals surface area contributed by atoms with E-state index >= 15 is 0 Å². The van der Waals surface area contributed by atoms with Crippen LogP contribution < -0.4 is 4.90 Å². The highest BCUT2D eigenvalue weighted by molar-refractivity contribution is 5.76. The average molecular weight is 253 g/mol. The molecule has 0 aliphatic heterocycles. The van der Waals surface area contributed by atoms with Gasteiger partial charge < -0.3 is 4.90 Å². The molecule has 98 valence electrons. The number of nitrogens with zero attached hydrogens (tertiary/aromatic N) is 2. The van der Waals surface area contributed by atoms with E-state index in [9.17, 15) is 0 Å². The van der Waals surface area contributed by atoms with Crippen molar-refractivity contribution in [2.24, 2.45) is 0 Å². The van der Waals surface area contributed by atoms with Gasteiger partial charge >= 0.3 is 0 Å². The standard InChI is InChI=1S/C17H21N2/c1-18(2)17-11-9-16(10-12-17)14-19(3)13-15-7-5-4-6-8-15/h5-14H,4H2,1-3H3/q+1. The normalized spacial score (nSPS) is 14.7. The molecule has 0 spiro atoms. The van der Waals surface area contributed by atoms with Crippen LogP contribution in [0.3, 0.4) is 0 Å². The van der Waals surface area contributed by atoms with Gasteiger partial charge in [-0.3, -0.25) is 0 Å². The summed E-state index contributed by atoms with van der Waals surface area (Å²) in [6.07, 6.45) is 13.9. The average Bonchev–Trinajstić information content (AvgIpc) is 2.40. The molecule has 0 fully saturated rings. The molecule has 1 aliphatic rings. The van der Waals surface area contributed by atoms with E-state index < -0.39 is 0 Å². The molecule has 0 N–H and O–H groups in total. The lowest BCUT2D eigenvalue weighted by atomic mass is 10.1. The molecule has 1 aromatic carbocycles. The Morgan fingerprint density at radius 2 is 1.68 bits per heavy atom. The summed E-state index contributed by atoms with van der Waals surface area (Å²) in [4.78, 5) is 2.10. The fraction of sp³-hybridized carbons (Fsp3) is 0.235. The van der Waals surface area contributed by atoms with E-state index in [2.05, 4.69) is 91.6 Å². The number of hydrogen-bond acceptors (Lipinski definition) is 1. The number of allylic oxidation sites excluding steroid dienone is 5. The molecule has 0 atom stereocenters. The van der Waals surface area contributed by atoms with Crippen LogP contribution in [0.1, 0.15) is 12.0 Å². The molecule has 1 aromatic rings. The molecule has 19 heavy (non-hydrogen) atoms. The quantitative estimate of drug-likeness (QED) is 0.592. The predicted octanol–water partition coefficient (Wildman–Crippen LogP) is 3.21. The Morgan fingerprint density at radius 3 is 2.26 bits per heavy atom. The highest BCUT2D eigenvalue weighted by atomic mass is 15.1. The minimum atomic E-state index is 1.04. The number of hydrogen-bond donors (Lipinski definition) is 0. The second-order valence-corrected chi connectivity index (χ2v) is 4.95. The fourth-order valence-corrected chi connectivity index (χ4v) is 1.99. The highest BCUT2D eigenvalue weighted by Crippen LogP contribution is 2.11. The minimum Gasteiger partial charge on any atom is -0.378 e. The van der Waals surface area contributed by atoms with E-state index in [1.54, 1.807) is 0 Å². The first-order valence-electron chi connectivity index (χ1n) is 6.54. The monoisotopic (exact) mass is 253 g/mol. The van der Waals surface area contributed by atoms with Gasteiger partial charge in [0.05, 0.1) is 0 Å². The number of anilines is 1. The lowest BCUT2D eigenvalue weighted by molar-refractivity contribution is -0.416. The van der Waals surface area contributed by atoms with Gasteiger partial charge in [0, 0.05) is 30.9 Å². The molecule has 0 radical (unpaired) electrons. The zero-order valence-corrected chi connectivity index (χ0v) is 11.9. The van der Waals surface area contributed by atoms with Crippen LogP contribution in [0.25, 0.3) is 0 Å². The van der Waals surface area contributed by atoms with Gasteiger partial charge in [-0.2, -0.15) is 0 Å². The highest BCUT2D eigenvalue weighted by Gasteiger charge is 2.00. The molecule has 0 aromatic heterocycles. The summed E-state index contributed by atoms with van der Waals surface area (Å²) in [6, 6.07) is 8.54. The van der Waals surface area contributed by atoms with E-state index in [0.29, 0.717) is 0 Å². The maximum Gasteiger partial charge on any atom is 0.175 e. The third-order valence-corrected chi connectivity index (χ3v) is 3.01. The Balaban J connectivity index is 2.14. The number of rotatable bonds is 3. The Bertz CT molecular complexity index is 529. The van der Waals surface area contributed by atoms with Crippen molar-refractivity contribution in [1.29, 1.82) is 0 Å². The molecule has 0 bridgehead atoms. The topological polar surface area (TPSA) is 6.25 Å². The fourth-order valence-electron chi connectivity index (χ4n) is 1.99. The molecule has 0 saturated heterocycles. The van der Waals surface area contributed by atoms with E-state index in [1.165, 1.54) is 16.8 Å². The maximum absolute atomic E-state index is 2.17. The van der Waals surface area contributed by atoms with Crippen molar-refractivity contribution >= 4 is 11.9 Å². The summed E-state index contributed by atoms with van der Waals surface area (Å²) >= 11 is 0. The summed E-state index contributed by atoms with van der Waals surface area (Å²) in [5.41, 5.74) is 3.65. The van der Waals surface area contributed by atoms with Crippen LogP contribution in [0.4, 0.5) is 5.69 Å². The van der Waals surface area contributed by atoms with Crippen molar-refractivity contribution in [1.82, 2.24) is 0 Å². The molecular weight excluding hydrogens is 232 g/mol. The van der Waals surface area contributed by atoms with Crippen LogP contribution >= 0.6 is 0 Å². The molecule has 2 heteroatoms. The molecule has 2 nitrogen and oxygen atoms in total. The zero-order valence-electron chi connectivity index (χ0n) is 11.9. The van der Waals surface area contributed by atoms with E-state index in [4.69, 9.17) is 0 Å². The van der Waals surface area contributed by atoms with Gasteiger partial charge in [0.15, 0.2) is 12.4 Å². The minimum absolute atomic E-state index is 1.04. The third-order valence-electron chi connectivity index (χ3n) is 3.01. The predicted molar refractivity (Wildman–Crippen MR) is 83.1 cm³/mol. The largest absolute Gasteiger partial charge is 0.378 e. The molecule has 0 amide bonds. The summed E-state index contributed by atoms with van der Waals surface area (Å²) in [7, 11) is 6.16. The molecule has 2 rings (SSSR count). The van der Waals surface area contributed by atoms with Crippen molar-refractivity contribution in [3.05, 3.63) is 65.9 Å². The zero-order chi connectivity index (χ0) is 13.7. The maximum atomic E-state index is 2.17. The Kier molecular flexibility index (Phi) is 4.35. The van der Waals surface area contributed by atoms with Crippen molar-refractivity contribution in [3.8, 4) is 0 Å². The van der Waals surface area contributed by atoms with Gasteiger partial charge in [0.25, 0.3) is 0 Å². The lowest BCUT2D eigenvalue weighted by Gasteiger charge is -2.11. The molecular formula is C17H21N2+. The van der Waals surface area contributed by atoms with Gasteiger partial charge in [0.2, 0.25) is 0 Å². The van der Waals surface area contributed by atoms with Crippen molar-refractivity contribution in [3.63, 3.8) is 0 Å². The first-order chi connectivity index (χ1) is 9.15. The van der Waals surface area contributed by atoms with Crippen LogP contribution in [0.5, 0.6) is 0 Å². The van der Waals surface area contributed by atoms with Crippen LogP contribution in [0.15, 0.2) is 60.3 Å². The first-order valence-corrected chi connectivity index (χ1v) is 6.54. The van der Waals surface area contributed by atoms with Crippen LogP contribution in [0.2, 0.25) is 0 Å². The SMILES string of the molecule is CN(C)c1ccc(C=[N+](C)C=C2C=CCC=C2)cc1. The summed E-state index contributed by atoms with van der Waals surface area (Å²) in [6.45, 7) is 0. The van der Waals surface area contributed by atoms with Crippen LogP contribution in [-0.2, 0) is 0 Å². The lowest BCUT2D eigenvalue weighted by Crippen LogP contribution is -2.08. The van der Waals surface area contributed by atoms with Gasteiger partial charge in [0.1, 0.15) is 7.05 Å². The second-order valence-electron chi connectivity index (χ2n) is 4.95. The molecule has 0 heterocycles. The van der Waals surface area contributed by atoms with Gasteiger partial charge in [-0.05, 0) is 30.7 Å². The summed E-state index contributed by atoms with van der Waals surface area (Å²) in [5.74, 6) is 0. The van der Waals surface area contributed by atoms with E-state index in [-0.39, 0.29) is 0 Å². The third kappa shape index (κ3) is 3.95. The summed E-state index contributed by atoms with van der Waals surface area (Å²) < 4.78 is 2.10. The van der Waals surface area contributed by atoms with Gasteiger partial charge in [-0.15, -0.1) is 0 Å². The van der Waals surface area contributed by atoms with E-state index in [0.717, 1.165) is 6.42 Å². The molecule has 1 aliphatic carbocycles. The van der Waals surface area contributed by atoms with Crippen molar-refractivity contribution < 1.29 is 4.58 Å². The summed E-state index contributed by atoms with van der Waals surface area (Å²) in [5, 5.41) is 0. The Morgan fingerprint density at radius 1 is 1.05 bits per heavy atom. The first kappa shape index (κ1) is 13.3. The smallest absolute Gasteiger partial charge is 0.175 e. The van der Waals surface area contributed by atoms with E-state index in [1.807, 2.05) is 0 Å². The van der Waals surface area contributed by atoms with Crippen LogP contribution in [-0.4, -0.2) is 31.9 Å².